The van der Waals surface area contributed by atoms with E-state index in [0.29, 0.717) is 0 Å². The van der Waals surface area contributed by atoms with Crippen molar-refractivity contribution in [2.24, 2.45) is 0 Å². The Balaban J connectivity index is 2.17. The van der Waals surface area contributed by atoms with E-state index in [2.05, 4.69) is 16.8 Å². The number of rotatable bonds is 1. The van der Waals surface area contributed by atoms with E-state index in [1.54, 1.807) is 18.3 Å². The molecular weight excluding hydrogens is 238 g/mol. The van der Waals surface area contributed by atoms with Gasteiger partial charge in [0.25, 0.3) is 0 Å². The summed E-state index contributed by atoms with van der Waals surface area (Å²) in [5.74, 6) is 6.06. The average Bonchev–Trinajstić information content (AvgIpc) is 2.83. The molecule has 0 aromatic carbocycles. The summed E-state index contributed by atoms with van der Waals surface area (Å²) in [4.78, 5) is 6.17. The molecule has 0 amide bonds. The molecule has 0 aliphatic heterocycles. The molecule has 4 heteroatoms. The van der Waals surface area contributed by atoms with Gasteiger partial charge in [0.15, 0.2) is 0 Å². The van der Waals surface area contributed by atoms with Gasteiger partial charge in [-0.2, -0.15) is 0 Å². The molecule has 82 valence electrons. The highest BCUT2D eigenvalue weighted by molar-refractivity contribution is 7.12. The quantitative estimate of drug-likeness (QED) is 0.788. The molecule has 1 atom stereocenters. The maximum atomic E-state index is 9.38. The summed E-state index contributed by atoms with van der Waals surface area (Å²) in [6.45, 7) is 3.72. The van der Waals surface area contributed by atoms with Gasteiger partial charge in [-0.25, -0.2) is 4.98 Å². The molecule has 0 saturated heterocycles. The standard InChI is InChI=1S/C12H11NOS2/c1-8(14)12-6-5-11(16-12)4-3-10-7-15-9(2)13-10/h5-8,14H,1-2H3. The minimum absolute atomic E-state index is 0.415. The third-order valence-corrected chi connectivity index (χ3v) is 3.92. The van der Waals surface area contributed by atoms with Crippen LogP contribution in [0.3, 0.4) is 0 Å². The van der Waals surface area contributed by atoms with Crippen molar-refractivity contribution in [3.63, 3.8) is 0 Å². The number of hydrogen-bond acceptors (Lipinski definition) is 4. The molecule has 0 fully saturated rings. The zero-order valence-electron chi connectivity index (χ0n) is 9.02. The van der Waals surface area contributed by atoms with E-state index < -0.39 is 6.10 Å². The maximum absolute atomic E-state index is 9.38. The van der Waals surface area contributed by atoms with Crippen molar-refractivity contribution in [3.8, 4) is 11.8 Å². The van der Waals surface area contributed by atoms with E-state index >= 15 is 0 Å². The number of thiazole rings is 1. The maximum Gasteiger partial charge on any atom is 0.124 e. The Morgan fingerprint density at radius 3 is 2.75 bits per heavy atom. The molecule has 0 bridgehead atoms. The Bertz CT molecular complexity index is 543. The Labute approximate surface area is 103 Å². The highest BCUT2D eigenvalue weighted by atomic mass is 32.1. The minimum atomic E-state index is -0.415. The Morgan fingerprint density at radius 1 is 1.38 bits per heavy atom. The summed E-state index contributed by atoms with van der Waals surface area (Å²) < 4.78 is 0. The van der Waals surface area contributed by atoms with Gasteiger partial charge in [0, 0.05) is 10.3 Å². The number of hydrogen-bond donors (Lipinski definition) is 1. The van der Waals surface area contributed by atoms with Crippen LogP contribution in [0.2, 0.25) is 0 Å². The van der Waals surface area contributed by atoms with Crippen LogP contribution in [-0.4, -0.2) is 10.1 Å². The van der Waals surface area contributed by atoms with Gasteiger partial charge in [-0.15, -0.1) is 22.7 Å². The summed E-state index contributed by atoms with van der Waals surface area (Å²) in [6.07, 6.45) is -0.415. The first-order chi connectivity index (χ1) is 7.65. The van der Waals surface area contributed by atoms with E-state index in [4.69, 9.17) is 0 Å². The highest BCUT2D eigenvalue weighted by Crippen LogP contribution is 2.22. The SMILES string of the molecule is Cc1nc(C#Cc2ccc(C(C)O)s2)cs1. The molecule has 2 aromatic heterocycles. The number of thiophene rings is 1. The molecule has 0 spiro atoms. The van der Waals surface area contributed by atoms with Crippen LogP contribution >= 0.6 is 22.7 Å². The fourth-order valence-electron chi connectivity index (χ4n) is 1.19. The Kier molecular flexibility index (Phi) is 3.39. The number of nitrogens with zero attached hydrogens (tertiary/aromatic N) is 1. The normalized spacial score (nSPS) is 11.9. The van der Waals surface area contributed by atoms with Crippen LogP contribution in [0.5, 0.6) is 0 Å². The van der Waals surface area contributed by atoms with Crippen LogP contribution in [0, 0.1) is 18.8 Å². The fourth-order valence-corrected chi connectivity index (χ4v) is 2.53. The first kappa shape index (κ1) is 11.3. The van der Waals surface area contributed by atoms with Crippen molar-refractivity contribution in [1.82, 2.24) is 4.98 Å². The molecule has 0 radical (unpaired) electrons. The average molecular weight is 249 g/mol. The number of aromatic nitrogens is 1. The van der Waals surface area contributed by atoms with Crippen LogP contribution in [0.4, 0.5) is 0 Å². The number of aliphatic hydroxyl groups is 1. The second kappa shape index (κ2) is 4.79. The summed E-state index contributed by atoms with van der Waals surface area (Å²) in [6, 6.07) is 3.84. The summed E-state index contributed by atoms with van der Waals surface area (Å²) in [5.41, 5.74) is 0.814. The molecule has 1 unspecified atom stereocenters. The van der Waals surface area contributed by atoms with Gasteiger partial charge in [0.1, 0.15) is 5.69 Å². The largest absolute Gasteiger partial charge is 0.388 e. The van der Waals surface area contributed by atoms with Crippen LogP contribution < -0.4 is 0 Å². The van der Waals surface area contributed by atoms with Crippen molar-refractivity contribution < 1.29 is 5.11 Å². The van der Waals surface area contributed by atoms with Crippen molar-refractivity contribution in [2.75, 3.05) is 0 Å². The van der Waals surface area contributed by atoms with E-state index in [0.717, 1.165) is 20.5 Å². The first-order valence-electron chi connectivity index (χ1n) is 4.87. The summed E-state index contributed by atoms with van der Waals surface area (Å²) in [7, 11) is 0. The lowest BCUT2D eigenvalue weighted by Crippen LogP contribution is -1.83. The van der Waals surface area contributed by atoms with E-state index in [9.17, 15) is 5.11 Å². The molecule has 1 N–H and O–H groups in total. The minimum Gasteiger partial charge on any atom is -0.388 e. The molecule has 0 aliphatic carbocycles. The molecular formula is C12H11NOS2. The van der Waals surface area contributed by atoms with Crippen LogP contribution in [0.15, 0.2) is 17.5 Å². The second-order valence-corrected chi connectivity index (χ2v) is 5.56. The van der Waals surface area contributed by atoms with Crippen LogP contribution in [-0.2, 0) is 0 Å². The monoisotopic (exact) mass is 249 g/mol. The van der Waals surface area contributed by atoms with Gasteiger partial charge in [-0.1, -0.05) is 0 Å². The zero-order valence-corrected chi connectivity index (χ0v) is 10.7. The number of aliphatic hydroxyl groups excluding tert-OH is 1. The van der Waals surface area contributed by atoms with Gasteiger partial charge in [-0.3, -0.25) is 0 Å². The molecule has 0 aliphatic rings. The third-order valence-electron chi connectivity index (χ3n) is 1.97. The lowest BCUT2D eigenvalue weighted by molar-refractivity contribution is 0.203. The van der Waals surface area contributed by atoms with E-state index in [1.165, 1.54) is 11.3 Å². The van der Waals surface area contributed by atoms with Crippen LogP contribution in [0.25, 0.3) is 0 Å². The van der Waals surface area contributed by atoms with Crippen molar-refractivity contribution in [3.05, 3.63) is 38.0 Å². The summed E-state index contributed by atoms with van der Waals surface area (Å²) >= 11 is 3.12. The third kappa shape index (κ3) is 2.70. The van der Waals surface area contributed by atoms with Crippen molar-refractivity contribution in [1.29, 1.82) is 0 Å². The van der Waals surface area contributed by atoms with E-state index in [-0.39, 0.29) is 0 Å². The number of aryl methyl sites for hydroxylation is 1. The zero-order chi connectivity index (χ0) is 11.5. The topological polar surface area (TPSA) is 33.1 Å². The molecule has 16 heavy (non-hydrogen) atoms. The molecule has 2 rings (SSSR count). The lowest BCUT2D eigenvalue weighted by atomic mass is 10.3. The Hall–Kier alpha value is -1.15. The van der Waals surface area contributed by atoms with Crippen LogP contribution in [0.1, 0.15) is 33.5 Å². The van der Waals surface area contributed by atoms with Crippen molar-refractivity contribution >= 4 is 22.7 Å². The molecule has 2 nitrogen and oxygen atoms in total. The first-order valence-corrected chi connectivity index (χ1v) is 6.57. The molecule has 0 saturated carbocycles. The van der Waals surface area contributed by atoms with Gasteiger partial charge in [-0.05, 0) is 37.8 Å². The summed E-state index contributed by atoms with van der Waals surface area (Å²) in [5, 5.41) is 12.4. The van der Waals surface area contributed by atoms with Gasteiger partial charge in [0.2, 0.25) is 0 Å². The lowest BCUT2D eigenvalue weighted by Gasteiger charge is -1.95. The molecule has 2 heterocycles. The van der Waals surface area contributed by atoms with E-state index in [1.807, 2.05) is 24.4 Å². The molecule has 2 aromatic rings. The van der Waals surface area contributed by atoms with Crippen molar-refractivity contribution in [2.45, 2.75) is 20.0 Å². The van der Waals surface area contributed by atoms with Gasteiger partial charge in [0.05, 0.1) is 16.0 Å². The predicted octanol–water partition coefficient (Wildman–Crippen LogP) is 2.97. The second-order valence-electron chi connectivity index (χ2n) is 3.38. The van der Waals surface area contributed by atoms with Gasteiger partial charge >= 0.3 is 0 Å². The Morgan fingerprint density at radius 2 is 2.19 bits per heavy atom. The smallest absolute Gasteiger partial charge is 0.124 e. The van der Waals surface area contributed by atoms with Gasteiger partial charge < -0.3 is 5.11 Å². The fraction of sp³-hybridized carbons (Fsp3) is 0.250. The predicted molar refractivity (Wildman–Crippen MR) is 67.8 cm³/mol. The highest BCUT2D eigenvalue weighted by Gasteiger charge is 2.03.